The lowest BCUT2D eigenvalue weighted by molar-refractivity contribution is 0.0547. The molecule has 0 bridgehead atoms. The number of pyridine rings is 1. The third kappa shape index (κ3) is 7.99. The Morgan fingerprint density at radius 3 is 2.32 bits per heavy atom. The van der Waals surface area contributed by atoms with E-state index in [2.05, 4.69) is 19.9 Å². The summed E-state index contributed by atoms with van der Waals surface area (Å²) in [6.07, 6.45) is 1.97. The fourth-order valence-corrected chi connectivity index (χ4v) is 3.56. The van der Waals surface area contributed by atoms with E-state index in [9.17, 15) is 22.8 Å². The van der Waals surface area contributed by atoms with Gasteiger partial charge in [-0.15, -0.1) is 10.2 Å². The highest BCUT2D eigenvalue weighted by Crippen LogP contribution is 2.32. The van der Waals surface area contributed by atoms with Crippen LogP contribution in [-0.2, 0) is 9.47 Å². The Morgan fingerprint density at radius 2 is 1.82 bits per heavy atom. The molecule has 11 heteroatoms. The Hall–Kier alpha value is -4.02. The number of alkyl halides is 1. The predicted octanol–water partition coefficient (Wildman–Crippen LogP) is 5.78. The third-order valence-corrected chi connectivity index (χ3v) is 5.45. The normalized spacial score (nSPS) is 16.4. The van der Waals surface area contributed by atoms with E-state index in [0.717, 1.165) is 6.07 Å². The molecule has 1 aliphatic carbocycles. The number of hydrogen-bond donors (Lipinski definition) is 0. The summed E-state index contributed by atoms with van der Waals surface area (Å²) in [6.45, 7) is 5.48. The number of esters is 1. The predicted molar refractivity (Wildman–Crippen MR) is 134 cm³/mol. The van der Waals surface area contributed by atoms with Crippen molar-refractivity contribution in [2.45, 2.75) is 45.4 Å². The van der Waals surface area contributed by atoms with Gasteiger partial charge in [0, 0.05) is 18.3 Å². The molecule has 0 unspecified atom stereocenters. The molecule has 38 heavy (non-hydrogen) atoms. The van der Waals surface area contributed by atoms with E-state index in [0.29, 0.717) is 12.8 Å². The standard InChI is InChI=1S/C22H25F2N3O4.C5H4FN/c1-22(2,3)31-21(29)27(12-13-9-15(23)10-13)19-8-7-18(25-26-19)16-11-14(20(28)30-4)5-6-17(16)24;6-5-2-1-3-7-4-5/h5-8,11,13,15H,9-10,12H2,1-4H3;1-4H. The summed E-state index contributed by atoms with van der Waals surface area (Å²) in [7, 11) is 1.23. The van der Waals surface area contributed by atoms with E-state index >= 15 is 0 Å². The van der Waals surface area contributed by atoms with Crippen LogP contribution in [0.15, 0.2) is 54.9 Å². The van der Waals surface area contributed by atoms with Crippen molar-refractivity contribution in [2.75, 3.05) is 18.6 Å². The van der Waals surface area contributed by atoms with Gasteiger partial charge in [-0.2, -0.15) is 0 Å². The molecule has 0 atom stereocenters. The molecule has 3 aromatic rings. The van der Waals surface area contributed by atoms with Gasteiger partial charge >= 0.3 is 12.1 Å². The second-order valence-corrected chi connectivity index (χ2v) is 9.66. The van der Waals surface area contributed by atoms with E-state index in [1.165, 1.54) is 54.7 Å². The number of amides is 1. The molecule has 0 N–H and O–H groups in total. The Balaban J connectivity index is 0.000000494. The summed E-state index contributed by atoms with van der Waals surface area (Å²) in [4.78, 5) is 29.3. The molecule has 0 spiro atoms. The summed E-state index contributed by atoms with van der Waals surface area (Å²) in [5, 5.41) is 8.11. The lowest BCUT2D eigenvalue weighted by Crippen LogP contribution is -2.43. The molecule has 1 fully saturated rings. The van der Waals surface area contributed by atoms with E-state index in [4.69, 9.17) is 4.74 Å². The second kappa shape index (κ2) is 12.5. The summed E-state index contributed by atoms with van der Waals surface area (Å²) in [5.74, 6) is -1.26. The number of carbonyl (C=O) groups is 2. The number of ether oxygens (including phenoxy) is 2. The van der Waals surface area contributed by atoms with E-state index in [1.54, 1.807) is 26.8 Å². The van der Waals surface area contributed by atoms with Gasteiger partial charge in [-0.1, -0.05) is 0 Å². The number of methoxy groups -OCH3 is 1. The first-order chi connectivity index (χ1) is 18.0. The maximum absolute atomic E-state index is 14.3. The highest BCUT2D eigenvalue weighted by Gasteiger charge is 2.34. The van der Waals surface area contributed by atoms with Gasteiger partial charge in [-0.05, 0) is 82.0 Å². The fraction of sp³-hybridized carbons (Fsp3) is 0.370. The first kappa shape index (κ1) is 28.5. The van der Waals surface area contributed by atoms with Crippen molar-refractivity contribution in [2.24, 2.45) is 5.92 Å². The Kier molecular flexibility index (Phi) is 9.38. The van der Waals surface area contributed by atoms with Crippen LogP contribution in [0.3, 0.4) is 0 Å². The largest absolute Gasteiger partial charge is 0.465 e. The molecule has 1 aromatic carbocycles. The van der Waals surface area contributed by atoms with Gasteiger partial charge in [0.1, 0.15) is 23.4 Å². The lowest BCUT2D eigenvalue weighted by Gasteiger charge is -2.34. The zero-order valence-electron chi connectivity index (χ0n) is 21.5. The number of carbonyl (C=O) groups excluding carboxylic acids is 2. The van der Waals surface area contributed by atoms with Crippen LogP contribution in [-0.4, -0.2) is 52.7 Å². The van der Waals surface area contributed by atoms with Crippen LogP contribution >= 0.6 is 0 Å². The van der Waals surface area contributed by atoms with Gasteiger partial charge in [-0.25, -0.2) is 22.8 Å². The molecule has 1 amide bonds. The van der Waals surface area contributed by atoms with Crippen LogP contribution in [0.2, 0.25) is 0 Å². The molecule has 1 aliphatic rings. The number of anilines is 1. The third-order valence-electron chi connectivity index (χ3n) is 5.45. The van der Waals surface area contributed by atoms with Gasteiger partial charge < -0.3 is 9.47 Å². The SMILES string of the molecule is COC(=O)c1ccc(F)c(-c2ccc(N(CC3CC(F)C3)C(=O)OC(C)(C)C)nn2)c1.Fc1cccnc1. The Morgan fingerprint density at radius 1 is 1.08 bits per heavy atom. The van der Waals surface area contributed by atoms with Crippen LogP contribution in [0.1, 0.15) is 44.0 Å². The number of rotatable bonds is 5. The molecular formula is C27H29F3N4O4. The van der Waals surface area contributed by atoms with Crippen LogP contribution in [0.4, 0.5) is 23.8 Å². The van der Waals surface area contributed by atoms with E-state index in [-0.39, 0.29) is 40.9 Å². The van der Waals surface area contributed by atoms with Gasteiger partial charge in [0.05, 0.1) is 24.6 Å². The second-order valence-electron chi connectivity index (χ2n) is 9.66. The smallest absolute Gasteiger partial charge is 0.416 e. The maximum atomic E-state index is 14.3. The van der Waals surface area contributed by atoms with E-state index in [1.807, 2.05) is 0 Å². The maximum Gasteiger partial charge on any atom is 0.416 e. The van der Waals surface area contributed by atoms with Crippen molar-refractivity contribution in [3.8, 4) is 11.3 Å². The summed E-state index contributed by atoms with van der Waals surface area (Å²) >= 11 is 0. The van der Waals surface area contributed by atoms with Gasteiger partial charge in [0.25, 0.3) is 0 Å². The monoisotopic (exact) mass is 530 g/mol. The van der Waals surface area contributed by atoms with Crippen LogP contribution in [0.25, 0.3) is 11.3 Å². The molecule has 1 saturated carbocycles. The average molecular weight is 531 g/mol. The molecule has 0 radical (unpaired) electrons. The summed E-state index contributed by atoms with van der Waals surface area (Å²) in [5.41, 5.74) is -0.290. The highest BCUT2D eigenvalue weighted by atomic mass is 19.1. The summed E-state index contributed by atoms with van der Waals surface area (Å²) < 4.78 is 49.5. The lowest BCUT2D eigenvalue weighted by atomic mass is 9.83. The van der Waals surface area contributed by atoms with Gasteiger partial charge in [-0.3, -0.25) is 9.88 Å². The highest BCUT2D eigenvalue weighted by molar-refractivity contribution is 5.91. The molecule has 2 heterocycles. The number of hydrogen-bond acceptors (Lipinski definition) is 7. The molecule has 4 rings (SSSR count). The topological polar surface area (TPSA) is 94.5 Å². The minimum Gasteiger partial charge on any atom is -0.465 e. The first-order valence-electron chi connectivity index (χ1n) is 11.9. The zero-order chi connectivity index (χ0) is 27.9. The van der Waals surface area contributed by atoms with Crippen molar-refractivity contribution in [3.63, 3.8) is 0 Å². The summed E-state index contributed by atoms with van der Waals surface area (Å²) in [6, 6.07) is 9.70. The minimum atomic E-state index is -0.857. The number of aromatic nitrogens is 3. The van der Waals surface area contributed by atoms with Gasteiger partial charge in [0.2, 0.25) is 0 Å². The van der Waals surface area contributed by atoms with Crippen LogP contribution < -0.4 is 4.90 Å². The van der Waals surface area contributed by atoms with Crippen molar-refractivity contribution in [3.05, 3.63) is 72.1 Å². The minimum absolute atomic E-state index is 0.00169. The van der Waals surface area contributed by atoms with Crippen molar-refractivity contribution in [1.29, 1.82) is 0 Å². The Bertz CT molecular complexity index is 1230. The molecule has 0 saturated heterocycles. The van der Waals surface area contributed by atoms with Crippen molar-refractivity contribution >= 4 is 17.9 Å². The molecule has 2 aromatic heterocycles. The molecule has 202 valence electrons. The molecule has 8 nitrogen and oxygen atoms in total. The molecular weight excluding hydrogens is 501 g/mol. The zero-order valence-corrected chi connectivity index (χ0v) is 21.5. The Labute approximate surface area is 218 Å². The first-order valence-corrected chi connectivity index (χ1v) is 11.9. The molecule has 0 aliphatic heterocycles. The van der Waals surface area contributed by atoms with Gasteiger partial charge in [0.15, 0.2) is 5.82 Å². The van der Waals surface area contributed by atoms with Crippen molar-refractivity contribution < 1.29 is 32.2 Å². The average Bonchev–Trinajstić information content (AvgIpc) is 2.86. The quantitative estimate of drug-likeness (QED) is 0.386. The van der Waals surface area contributed by atoms with Crippen LogP contribution in [0.5, 0.6) is 0 Å². The van der Waals surface area contributed by atoms with Crippen molar-refractivity contribution in [1.82, 2.24) is 15.2 Å². The number of halogens is 3. The van der Waals surface area contributed by atoms with E-state index < -0.39 is 29.7 Å². The number of nitrogens with zero attached hydrogens (tertiary/aromatic N) is 4. The number of benzene rings is 1. The van der Waals surface area contributed by atoms with Crippen LogP contribution in [0, 0.1) is 17.6 Å². The fourth-order valence-electron chi connectivity index (χ4n) is 3.56.